The number of carboxylic acids is 2. The van der Waals surface area contributed by atoms with Gasteiger partial charge in [-0.2, -0.15) is 0 Å². The molecule has 6 nitrogen and oxygen atoms in total. The highest BCUT2D eigenvalue weighted by atomic mass is 32.1. The van der Waals surface area contributed by atoms with E-state index in [0.717, 1.165) is 10.6 Å². The number of hydrogen-bond acceptors (Lipinski definition) is 5. The zero-order chi connectivity index (χ0) is 18.4. The van der Waals surface area contributed by atoms with Crippen LogP contribution in [0.3, 0.4) is 0 Å². The van der Waals surface area contributed by atoms with E-state index in [4.69, 9.17) is 5.11 Å². The topological polar surface area (TPSA) is 90.7 Å². The minimum atomic E-state index is -1.05. The number of thiazole rings is 1. The quantitative estimate of drug-likeness (QED) is 0.712. The predicted octanol–water partition coefficient (Wildman–Crippen LogP) is 3.20. The molecule has 0 fully saturated rings. The monoisotopic (exact) mass is 362 g/mol. The Bertz CT molecular complexity index is 715. The van der Waals surface area contributed by atoms with E-state index in [1.54, 1.807) is 0 Å². The molecule has 1 aromatic carbocycles. The van der Waals surface area contributed by atoms with Gasteiger partial charge in [0.2, 0.25) is 0 Å². The fourth-order valence-electron chi connectivity index (χ4n) is 2.60. The summed E-state index contributed by atoms with van der Waals surface area (Å²) in [5, 5.41) is 21.4. The van der Waals surface area contributed by atoms with Gasteiger partial charge in [0.25, 0.3) is 0 Å². The molecule has 2 N–H and O–H groups in total. The van der Waals surface area contributed by atoms with Gasteiger partial charge in [0.15, 0.2) is 0 Å². The molecule has 0 aliphatic heterocycles. The largest absolute Gasteiger partial charge is 0.480 e. The summed E-state index contributed by atoms with van der Waals surface area (Å²) in [6.45, 7) is 3.71. The third-order valence-electron chi connectivity index (χ3n) is 3.70. The van der Waals surface area contributed by atoms with Crippen LogP contribution in [0, 0.1) is 5.92 Å². The molecule has 25 heavy (non-hydrogen) atoms. The van der Waals surface area contributed by atoms with Crippen molar-refractivity contribution in [3.63, 3.8) is 0 Å². The Morgan fingerprint density at radius 2 is 1.88 bits per heavy atom. The van der Waals surface area contributed by atoms with Crippen molar-refractivity contribution in [1.29, 1.82) is 0 Å². The van der Waals surface area contributed by atoms with Crippen molar-refractivity contribution in [3.8, 4) is 10.6 Å². The molecule has 7 heteroatoms. The van der Waals surface area contributed by atoms with E-state index in [9.17, 15) is 14.7 Å². The summed E-state index contributed by atoms with van der Waals surface area (Å²) in [5.74, 6) is -1.91. The summed E-state index contributed by atoms with van der Waals surface area (Å²) in [4.78, 5) is 28.8. The van der Waals surface area contributed by atoms with Crippen molar-refractivity contribution in [2.75, 3.05) is 6.54 Å². The highest BCUT2D eigenvalue weighted by Gasteiger charge is 2.28. The van der Waals surface area contributed by atoms with Crippen LogP contribution in [0.4, 0.5) is 0 Å². The van der Waals surface area contributed by atoms with Gasteiger partial charge < -0.3 is 10.2 Å². The van der Waals surface area contributed by atoms with Crippen molar-refractivity contribution >= 4 is 23.3 Å². The summed E-state index contributed by atoms with van der Waals surface area (Å²) in [7, 11) is 0. The first-order chi connectivity index (χ1) is 11.9. The Balaban J connectivity index is 2.20. The molecule has 0 amide bonds. The van der Waals surface area contributed by atoms with Crippen molar-refractivity contribution in [2.45, 2.75) is 32.9 Å². The molecule has 0 spiro atoms. The lowest BCUT2D eigenvalue weighted by Gasteiger charge is -2.27. The number of carboxylic acid groups (broad SMARTS) is 2. The Labute approximate surface area is 150 Å². The van der Waals surface area contributed by atoms with E-state index >= 15 is 0 Å². The van der Waals surface area contributed by atoms with Crippen molar-refractivity contribution in [1.82, 2.24) is 9.88 Å². The number of benzene rings is 1. The predicted molar refractivity (Wildman–Crippen MR) is 96.5 cm³/mol. The lowest BCUT2D eigenvalue weighted by molar-refractivity contribution is -0.147. The van der Waals surface area contributed by atoms with Crippen molar-refractivity contribution in [3.05, 3.63) is 41.4 Å². The van der Waals surface area contributed by atoms with Gasteiger partial charge in [-0.15, -0.1) is 11.3 Å². The molecule has 1 aromatic heterocycles. The number of aromatic nitrogens is 1. The molecular formula is C18H22N2O4S. The highest BCUT2D eigenvalue weighted by molar-refractivity contribution is 7.13. The fraction of sp³-hybridized carbons (Fsp3) is 0.389. The molecule has 0 radical (unpaired) electrons. The minimum Gasteiger partial charge on any atom is -0.480 e. The molecule has 1 atom stereocenters. The second-order valence-corrected chi connectivity index (χ2v) is 7.15. The van der Waals surface area contributed by atoms with Crippen LogP contribution in [0.1, 0.15) is 26.0 Å². The van der Waals surface area contributed by atoms with Crippen molar-refractivity contribution in [2.24, 2.45) is 5.92 Å². The van der Waals surface area contributed by atoms with Gasteiger partial charge in [0.05, 0.1) is 12.2 Å². The molecule has 0 saturated heterocycles. The summed E-state index contributed by atoms with van der Waals surface area (Å²) < 4.78 is 0. The number of carbonyl (C=O) groups is 2. The zero-order valence-corrected chi connectivity index (χ0v) is 15.1. The molecule has 1 heterocycles. The van der Waals surface area contributed by atoms with Gasteiger partial charge in [-0.25, -0.2) is 4.98 Å². The Morgan fingerprint density at radius 1 is 1.20 bits per heavy atom. The van der Waals surface area contributed by atoms with Crippen LogP contribution >= 0.6 is 11.3 Å². The van der Waals surface area contributed by atoms with E-state index in [1.807, 2.05) is 49.6 Å². The molecule has 2 aromatic rings. The lowest BCUT2D eigenvalue weighted by Crippen LogP contribution is -2.44. The molecule has 0 saturated carbocycles. The standard InChI is InChI=1S/C18H22N2O4S/c1-12(2)8-15(18(23)24)20(10-16(21)22)9-14-11-25-17(19-14)13-6-4-3-5-7-13/h3-7,11-12,15H,8-10H2,1-2H3,(H,21,22)(H,23,24)/t15-/m0/s1. The maximum Gasteiger partial charge on any atom is 0.320 e. The van der Waals surface area contributed by atoms with E-state index in [0.29, 0.717) is 12.1 Å². The Kier molecular flexibility index (Phi) is 6.66. The third-order valence-corrected chi connectivity index (χ3v) is 4.64. The average molecular weight is 362 g/mol. The normalized spacial score (nSPS) is 12.5. The Morgan fingerprint density at radius 3 is 2.44 bits per heavy atom. The van der Waals surface area contributed by atoms with Gasteiger partial charge in [-0.1, -0.05) is 44.2 Å². The number of hydrogen-bond donors (Lipinski definition) is 2. The zero-order valence-electron chi connectivity index (χ0n) is 14.3. The molecule has 0 unspecified atom stereocenters. The SMILES string of the molecule is CC(C)C[C@@H](C(=O)O)N(CC(=O)O)Cc1csc(-c2ccccc2)n1. The number of nitrogens with zero attached hydrogens (tertiary/aromatic N) is 2. The summed E-state index contributed by atoms with van der Waals surface area (Å²) >= 11 is 1.46. The Hall–Kier alpha value is -2.25. The van der Waals surface area contributed by atoms with Crippen LogP contribution < -0.4 is 0 Å². The van der Waals surface area contributed by atoms with Gasteiger partial charge in [-0.05, 0) is 12.3 Å². The van der Waals surface area contributed by atoms with Crippen LogP contribution in [0.5, 0.6) is 0 Å². The van der Waals surface area contributed by atoms with Gasteiger partial charge in [0, 0.05) is 17.5 Å². The maximum absolute atomic E-state index is 11.6. The van der Waals surface area contributed by atoms with Crippen LogP contribution in [-0.2, 0) is 16.1 Å². The van der Waals surface area contributed by atoms with Gasteiger partial charge in [0.1, 0.15) is 11.0 Å². The van der Waals surface area contributed by atoms with Gasteiger partial charge >= 0.3 is 11.9 Å². The number of aliphatic carboxylic acids is 2. The van der Waals surface area contributed by atoms with Crippen LogP contribution in [-0.4, -0.2) is 44.6 Å². The lowest BCUT2D eigenvalue weighted by atomic mass is 10.0. The molecule has 0 bridgehead atoms. The van der Waals surface area contributed by atoms with E-state index in [1.165, 1.54) is 16.2 Å². The van der Waals surface area contributed by atoms with E-state index in [2.05, 4.69) is 4.98 Å². The van der Waals surface area contributed by atoms with Crippen molar-refractivity contribution < 1.29 is 19.8 Å². The first-order valence-corrected chi connectivity index (χ1v) is 8.93. The summed E-state index contributed by atoms with van der Waals surface area (Å²) in [6, 6.07) is 8.84. The molecule has 0 aliphatic carbocycles. The van der Waals surface area contributed by atoms with Crippen LogP contribution in [0.25, 0.3) is 10.6 Å². The third kappa shape index (κ3) is 5.65. The highest BCUT2D eigenvalue weighted by Crippen LogP contribution is 2.24. The number of rotatable bonds is 9. The first-order valence-electron chi connectivity index (χ1n) is 8.05. The first kappa shape index (κ1) is 19.1. The maximum atomic E-state index is 11.6. The fourth-order valence-corrected chi connectivity index (χ4v) is 3.42. The molecule has 134 valence electrons. The van der Waals surface area contributed by atoms with Gasteiger partial charge in [-0.3, -0.25) is 14.5 Å². The second-order valence-electron chi connectivity index (χ2n) is 6.29. The average Bonchev–Trinajstić information content (AvgIpc) is 3.00. The van der Waals surface area contributed by atoms with E-state index < -0.39 is 18.0 Å². The van der Waals surface area contributed by atoms with Crippen LogP contribution in [0.15, 0.2) is 35.7 Å². The molecule has 2 rings (SSSR count). The van der Waals surface area contributed by atoms with Crippen LogP contribution in [0.2, 0.25) is 0 Å². The smallest absolute Gasteiger partial charge is 0.320 e. The summed E-state index contributed by atoms with van der Waals surface area (Å²) in [6.07, 6.45) is 0.387. The molecular weight excluding hydrogens is 340 g/mol. The minimum absolute atomic E-state index is 0.146. The van der Waals surface area contributed by atoms with E-state index in [-0.39, 0.29) is 19.0 Å². The second kappa shape index (κ2) is 8.73. The molecule has 0 aliphatic rings. The summed E-state index contributed by atoms with van der Waals surface area (Å²) in [5.41, 5.74) is 1.67.